The van der Waals surface area contributed by atoms with Crippen molar-refractivity contribution >= 4 is 38.2 Å². The van der Waals surface area contributed by atoms with Crippen molar-refractivity contribution < 1.29 is 35.3 Å². The molecule has 0 aromatic carbocycles. The molecule has 13 nitrogen and oxygen atoms in total. The predicted octanol–water partition coefficient (Wildman–Crippen LogP) is -1.27. The normalized spacial score (nSPS) is 30.7. The fourth-order valence-corrected chi connectivity index (χ4v) is 5.91. The van der Waals surface area contributed by atoms with Gasteiger partial charge in [0.15, 0.2) is 0 Å². The monoisotopic (exact) mass is 453 g/mol. The molecule has 2 unspecified atom stereocenters. The quantitative estimate of drug-likeness (QED) is 0.250. The third-order valence-electron chi connectivity index (χ3n) is 5.28. The fraction of sp³-hybridized carbons (Fsp3) is 0.786. The maximum Gasteiger partial charge on any atom is 0.418 e. The van der Waals surface area contributed by atoms with Gasteiger partial charge < -0.3 is 16.0 Å². The van der Waals surface area contributed by atoms with Gasteiger partial charge in [0.2, 0.25) is 5.91 Å². The molecule has 3 fully saturated rings. The van der Waals surface area contributed by atoms with Crippen LogP contribution in [0, 0.1) is 0 Å². The summed E-state index contributed by atoms with van der Waals surface area (Å²) in [6.45, 7) is 1.42. The largest absolute Gasteiger partial charge is 0.418 e. The standard InChI is InChI=1S/C14H23N5O8S2/c1-8(20)16-9-2-4-11(6-9)28(22,23)17-13(15)12-5-3-10-7-18(12)14(21)19(10)27-29(24,25)26/h9-12H,2-7H2,1H3,(H2,15,17)(H,16,20)(H,24,25,26)/t9?,10-,11?,12+/m1/s1. The van der Waals surface area contributed by atoms with Gasteiger partial charge in [-0.15, -0.1) is 8.68 Å². The molecule has 2 aliphatic heterocycles. The third kappa shape index (κ3) is 4.79. The van der Waals surface area contributed by atoms with Crippen LogP contribution in [0.15, 0.2) is 4.40 Å². The second kappa shape index (κ2) is 7.70. The van der Waals surface area contributed by atoms with Gasteiger partial charge in [-0.3, -0.25) is 9.35 Å². The van der Waals surface area contributed by atoms with Crippen LogP contribution in [0.5, 0.6) is 0 Å². The average Bonchev–Trinajstić information content (AvgIpc) is 3.13. The van der Waals surface area contributed by atoms with Gasteiger partial charge in [-0.1, -0.05) is 0 Å². The number of nitrogens with one attached hydrogen (secondary N) is 1. The molecule has 3 amide bonds. The topological polar surface area (TPSA) is 189 Å². The smallest absolute Gasteiger partial charge is 0.385 e. The first-order valence-electron chi connectivity index (χ1n) is 9.00. The molecule has 164 valence electrons. The Labute approximate surface area is 168 Å². The van der Waals surface area contributed by atoms with E-state index in [-0.39, 0.29) is 43.6 Å². The Balaban J connectivity index is 1.72. The van der Waals surface area contributed by atoms with E-state index in [1.165, 1.54) is 11.8 Å². The second-order valence-electron chi connectivity index (χ2n) is 7.37. The Morgan fingerprint density at radius 1 is 1.24 bits per heavy atom. The summed E-state index contributed by atoms with van der Waals surface area (Å²) in [4.78, 5) is 24.7. The van der Waals surface area contributed by atoms with E-state index in [9.17, 15) is 26.4 Å². The van der Waals surface area contributed by atoms with E-state index >= 15 is 0 Å². The number of hydrogen-bond donors (Lipinski definition) is 3. The van der Waals surface area contributed by atoms with E-state index in [4.69, 9.17) is 10.3 Å². The van der Waals surface area contributed by atoms with Crippen LogP contribution in [0.2, 0.25) is 0 Å². The molecular formula is C14H23N5O8S2. The van der Waals surface area contributed by atoms with Crippen LogP contribution in [-0.2, 0) is 29.5 Å². The van der Waals surface area contributed by atoms with Crippen molar-refractivity contribution in [2.75, 3.05) is 6.54 Å². The number of sulfonamides is 1. The lowest BCUT2D eigenvalue weighted by molar-refractivity contribution is -0.119. The minimum atomic E-state index is -4.88. The minimum absolute atomic E-state index is 0.0589. The van der Waals surface area contributed by atoms with E-state index in [2.05, 4.69) is 14.0 Å². The Morgan fingerprint density at radius 2 is 1.93 bits per heavy atom. The summed E-state index contributed by atoms with van der Waals surface area (Å²) in [7, 11) is -8.84. The number of urea groups is 1. The number of amidine groups is 1. The number of hydroxylamine groups is 2. The van der Waals surface area contributed by atoms with Crippen molar-refractivity contribution in [3.8, 4) is 0 Å². The molecule has 3 rings (SSSR count). The molecular weight excluding hydrogens is 430 g/mol. The highest BCUT2D eigenvalue weighted by atomic mass is 32.3. The third-order valence-corrected chi connectivity index (χ3v) is 7.37. The maximum atomic E-state index is 12.6. The number of fused-ring (bicyclic) bond motifs is 2. The Kier molecular flexibility index (Phi) is 5.77. The number of nitrogens with zero attached hydrogens (tertiary/aromatic N) is 3. The summed E-state index contributed by atoms with van der Waals surface area (Å²) in [5.41, 5.74) is 5.92. The lowest BCUT2D eigenvalue weighted by atomic mass is 10.0. The first kappa shape index (κ1) is 21.7. The molecule has 1 aliphatic carbocycles. The summed E-state index contributed by atoms with van der Waals surface area (Å²) in [6.07, 6.45) is 1.61. The number of rotatable bonds is 6. The zero-order valence-corrected chi connectivity index (χ0v) is 17.2. The number of carbonyl (C=O) groups excluding carboxylic acids is 2. The van der Waals surface area contributed by atoms with E-state index in [0.717, 1.165) is 0 Å². The van der Waals surface area contributed by atoms with Gasteiger partial charge in [0.25, 0.3) is 10.0 Å². The molecule has 29 heavy (non-hydrogen) atoms. The first-order chi connectivity index (χ1) is 13.4. The highest BCUT2D eigenvalue weighted by Crippen LogP contribution is 2.32. The van der Waals surface area contributed by atoms with Gasteiger partial charge in [-0.05, 0) is 32.1 Å². The van der Waals surface area contributed by atoms with Crippen molar-refractivity contribution in [3.05, 3.63) is 0 Å². The SMILES string of the molecule is CC(=O)NC1CCC(S(=O)(=O)N=C(N)[C@@H]2CC[C@@H]3CN2C(=O)N3OS(=O)(=O)O)C1. The van der Waals surface area contributed by atoms with Crippen LogP contribution in [0.3, 0.4) is 0 Å². The average molecular weight is 453 g/mol. The molecule has 15 heteroatoms. The molecule has 2 heterocycles. The zero-order chi connectivity index (χ0) is 21.6. The summed E-state index contributed by atoms with van der Waals surface area (Å²) < 4.78 is 64.0. The van der Waals surface area contributed by atoms with Gasteiger partial charge in [0.05, 0.1) is 17.3 Å². The van der Waals surface area contributed by atoms with E-state index in [1.54, 1.807) is 0 Å². The van der Waals surface area contributed by atoms with Crippen LogP contribution >= 0.6 is 0 Å². The molecule has 0 radical (unpaired) electrons. The van der Waals surface area contributed by atoms with E-state index in [1.807, 2.05) is 0 Å². The molecule has 0 aromatic rings. The molecule has 2 saturated heterocycles. The molecule has 1 saturated carbocycles. The number of hydrogen-bond acceptors (Lipinski definition) is 7. The Bertz CT molecular complexity index is 934. The first-order valence-corrected chi connectivity index (χ1v) is 11.9. The van der Waals surface area contributed by atoms with Crippen LogP contribution in [0.4, 0.5) is 4.79 Å². The van der Waals surface area contributed by atoms with Gasteiger partial charge in [-0.2, -0.15) is 13.5 Å². The summed E-state index contributed by atoms with van der Waals surface area (Å²) >= 11 is 0. The van der Waals surface area contributed by atoms with E-state index in [0.29, 0.717) is 17.9 Å². The minimum Gasteiger partial charge on any atom is -0.385 e. The van der Waals surface area contributed by atoms with E-state index < -0.39 is 43.8 Å². The maximum absolute atomic E-state index is 12.6. The molecule has 0 aromatic heterocycles. The lowest BCUT2D eigenvalue weighted by Crippen LogP contribution is -2.48. The van der Waals surface area contributed by atoms with Gasteiger partial charge in [0, 0.05) is 19.5 Å². The number of carbonyl (C=O) groups is 2. The van der Waals surface area contributed by atoms with Crippen LogP contribution in [-0.4, -0.2) is 79.0 Å². The molecule has 4 atom stereocenters. The number of piperidine rings is 1. The highest BCUT2D eigenvalue weighted by molar-refractivity contribution is 7.90. The highest BCUT2D eigenvalue weighted by Gasteiger charge is 2.48. The van der Waals surface area contributed by atoms with Crippen molar-refractivity contribution in [2.24, 2.45) is 10.1 Å². The zero-order valence-electron chi connectivity index (χ0n) is 15.6. The van der Waals surface area contributed by atoms with Crippen LogP contribution in [0.1, 0.15) is 39.0 Å². The van der Waals surface area contributed by atoms with Gasteiger partial charge in [0.1, 0.15) is 5.84 Å². The van der Waals surface area contributed by atoms with Gasteiger partial charge >= 0.3 is 16.4 Å². The fourth-order valence-electron chi connectivity index (χ4n) is 4.05. The predicted molar refractivity (Wildman–Crippen MR) is 99.2 cm³/mol. The van der Waals surface area contributed by atoms with Crippen LogP contribution < -0.4 is 11.1 Å². The van der Waals surface area contributed by atoms with Crippen molar-refractivity contribution in [3.63, 3.8) is 0 Å². The number of amides is 3. The Morgan fingerprint density at radius 3 is 2.55 bits per heavy atom. The van der Waals surface area contributed by atoms with Crippen molar-refractivity contribution in [2.45, 2.75) is 62.4 Å². The lowest BCUT2D eigenvalue weighted by Gasteiger charge is -2.29. The van der Waals surface area contributed by atoms with Crippen molar-refractivity contribution in [1.29, 1.82) is 0 Å². The van der Waals surface area contributed by atoms with Crippen molar-refractivity contribution in [1.82, 2.24) is 15.3 Å². The summed E-state index contributed by atoms with van der Waals surface area (Å²) in [5, 5.41) is 2.45. The Hall–Kier alpha value is -1.97. The number of nitrogens with two attached hydrogens (primary N) is 1. The summed E-state index contributed by atoms with van der Waals surface area (Å²) in [5.74, 6) is -0.509. The summed E-state index contributed by atoms with van der Waals surface area (Å²) in [6, 6.07) is -2.54. The molecule has 2 bridgehead atoms. The second-order valence-corrected chi connectivity index (χ2v) is 10.3. The van der Waals surface area contributed by atoms with Gasteiger partial charge in [-0.25, -0.2) is 13.2 Å². The van der Waals surface area contributed by atoms with Crippen LogP contribution in [0.25, 0.3) is 0 Å². The molecule has 0 spiro atoms. The molecule has 4 N–H and O–H groups in total. The molecule has 3 aliphatic rings.